The Labute approximate surface area is 98.3 Å². The lowest BCUT2D eigenvalue weighted by atomic mass is 10.1. The first kappa shape index (κ1) is 13.0. The Hall–Kier alpha value is -1.02. The summed E-state index contributed by atoms with van der Waals surface area (Å²) < 4.78 is 5.70. The van der Waals surface area contributed by atoms with Crippen LogP contribution in [0.25, 0.3) is 0 Å². The first-order chi connectivity index (χ1) is 7.50. The lowest BCUT2D eigenvalue weighted by Gasteiger charge is -2.12. The minimum absolute atomic E-state index is 0.414. The number of aryl methyl sites for hydroxylation is 1. The van der Waals surface area contributed by atoms with E-state index in [0.717, 1.165) is 29.9 Å². The molecule has 0 amide bonds. The van der Waals surface area contributed by atoms with Crippen molar-refractivity contribution in [2.24, 2.45) is 5.92 Å². The SMILES string of the molecule is Cc1cc(C(C)O)ccc1OCCC(C)C. The average Bonchev–Trinajstić information content (AvgIpc) is 2.19. The minimum Gasteiger partial charge on any atom is -0.493 e. The Balaban J connectivity index is 2.61. The van der Waals surface area contributed by atoms with Crippen LogP contribution in [0.15, 0.2) is 18.2 Å². The molecule has 0 spiro atoms. The maximum Gasteiger partial charge on any atom is 0.122 e. The molecule has 1 unspecified atom stereocenters. The van der Waals surface area contributed by atoms with Gasteiger partial charge in [0.1, 0.15) is 5.75 Å². The highest BCUT2D eigenvalue weighted by molar-refractivity contribution is 5.36. The number of aliphatic hydroxyl groups is 1. The largest absolute Gasteiger partial charge is 0.493 e. The molecule has 2 nitrogen and oxygen atoms in total. The van der Waals surface area contributed by atoms with Crippen molar-refractivity contribution in [3.05, 3.63) is 29.3 Å². The first-order valence-electron chi connectivity index (χ1n) is 5.92. The van der Waals surface area contributed by atoms with Gasteiger partial charge in [-0.3, -0.25) is 0 Å². The summed E-state index contributed by atoms with van der Waals surface area (Å²) in [6, 6.07) is 5.84. The van der Waals surface area contributed by atoms with Crippen LogP contribution in [0.5, 0.6) is 5.75 Å². The van der Waals surface area contributed by atoms with Gasteiger partial charge < -0.3 is 9.84 Å². The molecule has 0 radical (unpaired) electrons. The Bertz CT molecular complexity index is 330. The summed E-state index contributed by atoms with van der Waals surface area (Å²) in [6.07, 6.45) is 0.654. The van der Waals surface area contributed by atoms with Gasteiger partial charge in [0.25, 0.3) is 0 Å². The van der Waals surface area contributed by atoms with E-state index in [0.29, 0.717) is 5.92 Å². The zero-order valence-corrected chi connectivity index (χ0v) is 10.7. The second-order valence-electron chi connectivity index (χ2n) is 4.73. The fraction of sp³-hybridized carbons (Fsp3) is 0.571. The van der Waals surface area contributed by atoms with E-state index >= 15 is 0 Å². The van der Waals surface area contributed by atoms with Gasteiger partial charge >= 0.3 is 0 Å². The average molecular weight is 222 g/mol. The van der Waals surface area contributed by atoms with Gasteiger partial charge in [0.05, 0.1) is 12.7 Å². The molecule has 0 bridgehead atoms. The molecular formula is C14H22O2. The molecule has 0 heterocycles. The molecule has 1 aromatic carbocycles. The van der Waals surface area contributed by atoms with Gasteiger partial charge in [-0.1, -0.05) is 19.9 Å². The van der Waals surface area contributed by atoms with Crippen molar-refractivity contribution < 1.29 is 9.84 Å². The smallest absolute Gasteiger partial charge is 0.122 e. The summed E-state index contributed by atoms with van der Waals surface area (Å²) in [5, 5.41) is 9.45. The molecule has 90 valence electrons. The van der Waals surface area contributed by atoms with Crippen molar-refractivity contribution in [3.63, 3.8) is 0 Å². The van der Waals surface area contributed by atoms with Gasteiger partial charge in [0, 0.05) is 0 Å². The summed E-state index contributed by atoms with van der Waals surface area (Å²) in [6.45, 7) is 8.91. The molecular weight excluding hydrogens is 200 g/mol. The normalized spacial score (nSPS) is 12.9. The van der Waals surface area contributed by atoms with Crippen molar-refractivity contribution in [2.75, 3.05) is 6.61 Å². The van der Waals surface area contributed by atoms with Crippen LogP contribution in [-0.4, -0.2) is 11.7 Å². The standard InChI is InChI=1S/C14H22O2/c1-10(2)7-8-16-14-6-5-13(12(4)15)9-11(14)3/h5-6,9-10,12,15H,7-8H2,1-4H3. The second-order valence-corrected chi connectivity index (χ2v) is 4.73. The van der Waals surface area contributed by atoms with E-state index in [1.54, 1.807) is 6.92 Å². The Morgan fingerprint density at radius 2 is 1.94 bits per heavy atom. The molecule has 0 aliphatic heterocycles. The molecule has 0 aliphatic rings. The highest BCUT2D eigenvalue weighted by Crippen LogP contribution is 2.22. The number of hydrogen-bond donors (Lipinski definition) is 1. The number of aliphatic hydroxyl groups excluding tert-OH is 1. The van der Waals surface area contributed by atoms with E-state index in [9.17, 15) is 5.11 Å². The molecule has 1 aromatic rings. The van der Waals surface area contributed by atoms with Gasteiger partial charge in [-0.25, -0.2) is 0 Å². The number of rotatable bonds is 5. The molecule has 1 N–H and O–H groups in total. The quantitative estimate of drug-likeness (QED) is 0.826. The van der Waals surface area contributed by atoms with Gasteiger partial charge in [0.15, 0.2) is 0 Å². The molecule has 0 aromatic heterocycles. The monoisotopic (exact) mass is 222 g/mol. The lowest BCUT2D eigenvalue weighted by Crippen LogP contribution is -2.03. The van der Waals surface area contributed by atoms with Crippen LogP contribution in [-0.2, 0) is 0 Å². The molecule has 0 saturated heterocycles. The molecule has 0 saturated carbocycles. The second kappa shape index (κ2) is 5.90. The van der Waals surface area contributed by atoms with Crippen LogP contribution in [0.3, 0.4) is 0 Å². The van der Waals surface area contributed by atoms with Gasteiger partial charge in [0.2, 0.25) is 0 Å². The van der Waals surface area contributed by atoms with Crippen LogP contribution >= 0.6 is 0 Å². The molecule has 16 heavy (non-hydrogen) atoms. The van der Waals surface area contributed by atoms with E-state index in [2.05, 4.69) is 13.8 Å². The third-order valence-corrected chi connectivity index (χ3v) is 2.63. The fourth-order valence-electron chi connectivity index (χ4n) is 1.50. The van der Waals surface area contributed by atoms with Crippen LogP contribution in [0.2, 0.25) is 0 Å². The van der Waals surface area contributed by atoms with E-state index < -0.39 is 6.10 Å². The highest BCUT2D eigenvalue weighted by Gasteiger charge is 2.05. The Morgan fingerprint density at radius 1 is 1.25 bits per heavy atom. The van der Waals surface area contributed by atoms with Crippen molar-refractivity contribution in [1.29, 1.82) is 0 Å². The van der Waals surface area contributed by atoms with Crippen LogP contribution < -0.4 is 4.74 Å². The van der Waals surface area contributed by atoms with Gasteiger partial charge in [-0.15, -0.1) is 0 Å². The fourth-order valence-corrected chi connectivity index (χ4v) is 1.50. The van der Waals surface area contributed by atoms with E-state index in [-0.39, 0.29) is 0 Å². The van der Waals surface area contributed by atoms with Crippen LogP contribution in [0.4, 0.5) is 0 Å². The summed E-state index contributed by atoms with van der Waals surface area (Å²) >= 11 is 0. The third-order valence-electron chi connectivity index (χ3n) is 2.63. The summed E-state index contributed by atoms with van der Waals surface area (Å²) in [7, 11) is 0. The van der Waals surface area contributed by atoms with E-state index in [4.69, 9.17) is 4.74 Å². The molecule has 0 fully saturated rings. The van der Waals surface area contributed by atoms with Crippen molar-refractivity contribution in [1.82, 2.24) is 0 Å². The molecule has 1 atom stereocenters. The summed E-state index contributed by atoms with van der Waals surface area (Å²) in [5.74, 6) is 1.59. The predicted molar refractivity (Wildman–Crippen MR) is 66.8 cm³/mol. The first-order valence-corrected chi connectivity index (χ1v) is 5.92. The number of benzene rings is 1. The minimum atomic E-state index is -0.414. The lowest BCUT2D eigenvalue weighted by molar-refractivity contribution is 0.199. The van der Waals surface area contributed by atoms with Crippen LogP contribution in [0, 0.1) is 12.8 Å². The van der Waals surface area contributed by atoms with Crippen molar-refractivity contribution >= 4 is 0 Å². The number of hydrogen-bond acceptors (Lipinski definition) is 2. The zero-order valence-electron chi connectivity index (χ0n) is 10.7. The van der Waals surface area contributed by atoms with Gasteiger partial charge in [-0.05, 0) is 49.4 Å². The topological polar surface area (TPSA) is 29.5 Å². The van der Waals surface area contributed by atoms with E-state index in [1.165, 1.54) is 0 Å². The summed E-state index contributed by atoms with van der Waals surface area (Å²) in [4.78, 5) is 0. The summed E-state index contributed by atoms with van der Waals surface area (Å²) in [5.41, 5.74) is 2.02. The molecule has 0 aliphatic carbocycles. The van der Waals surface area contributed by atoms with E-state index in [1.807, 2.05) is 25.1 Å². The Morgan fingerprint density at radius 3 is 2.44 bits per heavy atom. The molecule has 2 heteroatoms. The van der Waals surface area contributed by atoms with Crippen LogP contribution in [0.1, 0.15) is 44.4 Å². The maximum atomic E-state index is 9.45. The van der Waals surface area contributed by atoms with Crippen molar-refractivity contribution in [3.8, 4) is 5.75 Å². The number of ether oxygens (including phenoxy) is 1. The third kappa shape index (κ3) is 3.86. The maximum absolute atomic E-state index is 9.45. The molecule has 1 rings (SSSR count). The van der Waals surface area contributed by atoms with Gasteiger partial charge in [-0.2, -0.15) is 0 Å². The Kier molecular flexibility index (Phi) is 4.81. The predicted octanol–water partition coefficient (Wildman–Crippen LogP) is 3.47. The highest BCUT2D eigenvalue weighted by atomic mass is 16.5. The van der Waals surface area contributed by atoms with Crippen molar-refractivity contribution in [2.45, 2.75) is 40.2 Å². The zero-order chi connectivity index (χ0) is 12.1.